The van der Waals surface area contributed by atoms with Crippen molar-refractivity contribution in [2.24, 2.45) is 4.90 Å². The van der Waals surface area contributed by atoms with Crippen molar-refractivity contribution in [3.63, 3.8) is 0 Å². The molecule has 0 aromatic heterocycles. The maximum atomic E-state index is 7.86. The van der Waals surface area contributed by atoms with E-state index in [4.69, 9.17) is 5.26 Å². The second-order valence-corrected chi connectivity index (χ2v) is 2.53. The van der Waals surface area contributed by atoms with Crippen molar-refractivity contribution in [2.75, 3.05) is 6.54 Å². The molecule has 1 N–H and O–H groups in total. The molecule has 0 saturated heterocycles. The third-order valence-corrected chi connectivity index (χ3v) is 1.51. The Morgan fingerprint density at radius 2 is 2.00 bits per heavy atom. The van der Waals surface area contributed by atoms with Crippen LogP contribution in [0, 0.1) is 0 Å². The summed E-state index contributed by atoms with van der Waals surface area (Å²) in [4.78, 5) is 7.47. The Balaban J connectivity index is 2.85. The number of nitrogens with zero attached hydrogens (tertiary/aromatic N) is 1. The van der Waals surface area contributed by atoms with Gasteiger partial charge in [-0.05, 0) is 0 Å². The first-order valence-electron chi connectivity index (χ1n) is 4.20. The third kappa shape index (κ3) is 9.62. The summed E-state index contributed by atoms with van der Waals surface area (Å²) in [6.45, 7) is 2.95. The van der Waals surface area contributed by atoms with Crippen LogP contribution >= 0.6 is 0 Å². The zero-order valence-corrected chi connectivity index (χ0v) is 7.12. The van der Waals surface area contributed by atoms with Gasteiger partial charge in [-0.2, -0.15) is 0 Å². The van der Waals surface area contributed by atoms with E-state index in [2.05, 4.69) is 16.6 Å². The Morgan fingerprint density at radius 3 is 2.64 bits per heavy atom. The standard InChI is InChI=1S/C7H16BNO2/c1-2-3-4-5-6-7-9-8-11-10/h10H,2-7H2,1H3. The van der Waals surface area contributed by atoms with E-state index in [1.807, 2.05) is 0 Å². The Morgan fingerprint density at radius 1 is 1.27 bits per heavy atom. The van der Waals surface area contributed by atoms with Crippen molar-refractivity contribution >= 4 is 7.27 Å². The fraction of sp³-hybridized carbons (Fsp3) is 1.00. The summed E-state index contributed by atoms with van der Waals surface area (Å²) in [6.07, 6.45) is 6.16. The molecule has 4 heteroatoms. The van der Waals surface area contributed by atoms with Crippen LogP contribution in [0.2, 0.25) is 0 Å². The fourth-order valence-electron chi connectivity index (χ4n) is 0.893. The van der Waals surface area contributed by atoms with Gasteiger partial charge in [-0.15, -0.1) is 0 Å². The molecule has 0 unspecified atom stereocenters. The zero-order chi connectivity index (χ0) is 8.36. The van der Waals surface area contributed by atoms with Gasteiger partial charge in [-0.3, -0.25) is 0 Å². The molecule has 0 amide bonds. The van der Waals surface area contributed by atoms with Crippen molar-refractivity contribution in [3.8, 4) is 0 Å². The van der Waals surface area contributed by atoms with Crippen molar-refractivity contribution < 1.29 is 10.1 Å². The molecule has 64 valence electrons. The van der Waals surface area contributed by atoms with E-state index < -0.39 is 0 Å². The predicted molar refractivity (Wildman–Crippen MR) is 45.5 cm³/mol. The van der Waals surface area contributed by atoms with Gasteiger partial charge >= 0.3 is 67.8 Å². The third-order valence-electron chi connectivity index (χ3n) is 1.51. The van der Waals surface area contributed by atoms with Gasteiger partial charge < -0.3 is 0 Å². The van der Waals surface area contributed by atoms with Gasteiger partial charge in [0.25, 0.3) is 0 Å². The Labute approximate surface area is 68.7 Å². The first-order chi connectivity index (χ1) is 5.41. The van der Waals surface area contributed by atoms with E-state index in [0.717, 1.165) is 20.2 Å². The van der Waals surface area contributed by atoms with Crippen molar-refractivity contribution in [2.45, 2.75) is 39.0 Å². The Hall–Kier alpha value is -0.375. The van der Waals surface area contributed by atoms with E-state index in [9.17, 15) is 0 Å². The van der Waals surface area contributed by atoms with Crippen LogP contribution < -0.4 is 0 Å². The van der Waals surface area contributed by atoms with Gasteiger partial charge in [0.15, 0.2) is 0 Å². The summed E-state index contributed by atoms with van der Waals surface area (Å²) in [7, 11) is 1.07. The van der Waals surface area contributed by atoms with Gasteiger partial charge in [0, 0.05) is 0 Å². The van der Waals surface area contributed by atoms with Crippen LogP contribution in [0.15, 0.2) is 4.90 Å². The predicted octanol–water partition coefficient (Wildman–Crippen LogP) is 2.25. The Bertz CT molecular complexity index is 98.4. The molecular weight excluding hydrogens is 141 g/mol. The van der Waals surface area contributed by atoms with Gasteiger partial charge in [-0.25, -0.2) is 0 Å². The molecule has 0 rings (SSSR count). The van der Waals surface area contributed by atoms with Crippen molar-refractivity contribution in [3.05, 3.63) is 0 Å². The first-order valence-corrected chi connectivity index (χ1v) is 4.20. The molecule has 0 aromatic carbocycles. The SMILES string of the molecule is CCCCCCC/N=B/OO. The number of hydrogen-bond donors (Lipinski definition) is 1. The van der Waals surface area contributed by atoms with Crippen molar-refractivity contribution in [1.82, 2.24) is 0 Å². The molecule has 0 aliphatic heterocycles. The summed E-state index contributed by atoms with van der Waals surface area (Å²) in [5.41, 5.74) is 0. The second kappa shape index (κ2) is 9.62. The molecule has 11 heavy (non-hydrogen) atoms. The normalized spacial score (nSPS) is 10.0. The molecule has 0 saturated carbocycles. The molecule has 0 aromatic rings. The van der Waals surface area contributed by atoms with Crippen LogP contribution in [-0.4, -0.2) is 19.1 Å². The van der Waals surface area contributed by atoms with Crippen LogP contribution in [-0.2, 0) is 4.81 Å². The topological polar surface area (TPSA) is 41.8 Å². The van der Waals surface area contributed by atoms with E-state index in [-0.39, 0.29) is 0 Å². The molecule has 0 atom stereocenters. The molecule has 0 fully saturated rings. The van der Waals surface area contributed by atoms with E-state index in [1.54, 1.807) is 0 Å². The van der Waals surface area contributed by atoms with Gasteiger partial charge in [0.1, 0.15) is 0 Å². The van der Waals surface area contributed by atoms with E-state index >= 15 is 0 Å². The molecule has 0 bridgehead atoms. The number of rotatable bonds is 7. The van der Waals surface area contributed by atoms with E-state index in [1.165, 1.54) is 25.7 Å². The molecule has 3 nitrogen and oxygen atoms in total. The quantitative estimate of drug-likeness (QED) is 0.266. The molecule has 0 radical (unpaired) electrons. The van der Waals surface area contributed by atoms with Crippen LogP contribution in [0.4, 0.5) is 0 Å². The maximum absolute atomic E-state index is 7.86. The Kier molecular flexibility index (Phi) is 9.30. The molecule has 0 spiro atoms. The fourth-order valence-corrected chi connectivity index (χ4v) is 0.893. The average Bonchev–Trinajstić information content (AvgIpc) is 2.03. The molecular formula is C7H16BNO2. The minimum atomic E-state index is 0.754. The number of unbranched alkanes of at least 4 members (excludes halogenated alkanes) is 4. The average molecular weight is 157 g/mol. The second-order valence-electron chi connectivity index (χ2n) is 2.53. The van der Waals surface area contributed by atoms with Crippen LogP contribution in [0.25, 0.3) is 0 Å². The van der Waals surface area contributed by atoms with E-state index in [0.29, 0.717) is 0 Å². The summed E-state index contributed by atoms with van der Waals surface area (Å²) in [6, 6.07) is 0. The molecule has 0 aliphatic rings. The molecule has 0 aliphatic carbocycles. The zero-order valence-electron chi connectivity index (χ0n) is 7.12. The number of hydrogen-bond acceptors (Lipinski definition) is 3. The van der Waals surface area contributed by atoms with Gasteiger partial charge in [0.05, 0.1) is 0 Å². The van der Waals surface area contributed by atoms with Gasteiger partial charge in [-0.1, -0.05) is 0 Å². The van der Waals surface area contributed by atoms with Crippen LogP contribution in [0.3, 0.4) is 0 Å². The summed E-state index contributed by atoms with van der Waals surface area (Å²) >= 11 is 0. The summed E-state index contributed by atoms with van der Waals surface area (Å²) in [5.74, 6) is 0. The first kappa shape index (κ1) is 10.6. The summed E-state index contributed by atoms with van der Waals surface area (Å²) in [5, 5.41) is 7.86. The summed E-state index contributed by atoms with van der Waals surface area (Å²) < 4.78 is 0. The van der Waals surface area contributed by atoms with Gasteiger partial charge in [0.2, 0.25) is 0 Å². The van der Waals surface area contributed by atoms with Crippen LogP contribution in [0.5, 0.6) is 0 Å². The van der Waals surface area contributed by atoms with Crippen molar-refractivity contribution in [1.29, 1.82) is 0 Å². The van der Waals surface area contributed by atoms with Crippen LogP contribution in [0.1, 0.15) is 39.0 Å². The molecule has 0 heterocycles. The minimum absolute atomic E-state index is 0.754. The monoisotopic (exact) mass is 157 g/mol.